The lowest BCUT2D eigenvalue weighted by Gasteiger charge is -2.31. The number of nitrogens with one attached hydrogen (secondary N) is 1. The first-order chi connectivity index (χ1) is 8.08. The van der Waals surface area contributed by atoms with Gasteiger partial charge in [0.1, 0.15) is 5.15 Å². The Balaban J connectivity index is 2.01. The van der Waals surface area contributed by atoms with Gasteiger partial charge in [0.25, 0.3) is 5.91 Å². The molecule has 1 aromatic heterocycles. The van der Waals surface area contributed by atoms with Crippen molar-refractivity contribution in [2.45, 2.75) is 32.2 Å². The van der Waals surface area contributed by atoms with Crippen molar-refractivity contribution in [2.24, 2.45) is 5.92 Å². The Labute approximate surface area is 111 Å². The van der Waals surface area contributed by atoms with Gasteiger partial charge in [-0.3, -0.25) is 4.79 Å². The summed E-state index contributed by atoms with van der Waals surface area (Å²) in [6, 6.07) is 1.74. The first kappa shape index (κ1) is 12.7. The smallest absolute Gasteiger partial charge is 0.253 e. The summed E-state index contributed by atoms with van der Waals surface area (Å²) in [7, 11) is 0. The Hall–Kier alpha value is -0.800. The van der Waals surface area contributed by atoms with Gasteiger partial charge < -0.3 is 5.32 Å². The Morgan fingerprint density at radius 1 is 1.53 bits per heavy atom. The number of rotatable bonds is 3. The van der Waals surface area contributed by atoms with Gasteiger partial charge in [0, 0.05) is 12.2 Å². The largest absolute Gasteiger partial charge is 0.349 e. The Morgan fingerprint density at radius 3 is 2.76 bits per heavy atom. The molecule has 1 aliphatic carbocycles. The lowest BCUT2D eigenvalue weighted by atomic mass is 9.80. The van der Waals surface area contributed by atoms with Crippen LogP contribution in [0.15, 0.2) is 12.3 Å². The van der Waals surface area contributed by atoms with Crippen LogP contribution in [0.2, 0.25) is 10.2 Å². The second kappa shape index (κ2) is 5.23. The van der Waals surface area contributed by atoms with E-state index in [2.05, 4.69) is 10.3 Å². The highest BCUT2D eigenvalue weighted by Gasteiger charge is 2.25. The summed E-state index contributed by atoms with van der Waals surface area (Å²) in [5.41, 5.74) is 0.450. The molecule has 2 rings (SSSR count). The zero-order valence-corrected chi connectivity index (χ0v) is 11.1. The molecule has 1 fully saturated rings. The van der Waals surface area contributed by atoms with Crippen LogP contribution in [0.25, 0.3) is 0 Å². The van der Waals surface area contributed by atoms with E-state index in [0.717, 1.165) is 0 Å². The van der Waals surface area contributed by atoms with Gasteiger partial charge in [0.2, 0.25) is 0 Å². The van der Waals surface area contributed by atoms with E-state index >= 15 is 0 Å². The fourth-order valence-electron chi connectivity index (χ4n) is 1.89. The Bertz CT molecular complexity index is 433. The van der Waals surface area contributed by atoms with Crippen molar-refractivity contribution in [2.75, 3.05) is 0 Å². The third kappa shape index (κ3) is 2.90. The minimum absolute atomic E-state index is 0.143. The molecule has 1 heterocycles. The average Bonchev–Trinajstić information content (AvgIpc) is 2.19. The summed E-state index contributed by atoms with van der Waals surface area (Å²) >= 11 is 11.5. The predicted molar refractivity (Wildman–Crippen MR) is 68.5 cm³/mol. The number of pyridine rings is 1. The van der Waals surface area contributed by atoms with Crippen molar-refractivity contribution >= 4 is 29.1 Å². The molecule has 1 aromatic rings. The highest BCUT2D eigenvalue weighted by Crippen LogP contribution is 2.29. The van der Waals surface area contributed by atoms with E-state index in [4.69, 9.17) is 23.2 Å². The van der Waals surface area contributed by atoms with Crippen LogP contribution in [0.5, 0.6) is 0 Å². The van der Waals surface area contributed by atoms with Gasteiger partial charge in [-0.15, -0.1) is 0 Å². The van der Waals surface area contributed by atoms with Gasteiger partial charge in [-0.2, -0.15) is 0 Å². The van der Waals surface area contributed by atoms with Crippen molar-refractivity contribution in [3.8, 4) is 0 Å². The molecule has 92 valence electrons. The number of carbonyl (C=O) groups is 1. The van der Waals surface area contributed by atoms with Crippen LogP contribution in [-0.4, -0.2) is 16.9 Å². The number of hydrogen-bond donors (Lipinski definition) is 1. The third-order valence-corrected chi connectivity index (χ3v) is 3.96. The first-order valence-electron chi connectivity index (χ1n) is 5.70. The van der Waals surface area contributed by atoms with E-state index in [0.29, 0.717) is 16.5 Å². The van der Waals surface area contributed by atoms with E-state index in [-0.39, 0.29) is 17.1 Å². The number of nitrogens with zero attached hydrogens (tertiary/aromatic N) is 1. The fraction of sp³-hybridized carbons (Fsp3) is 0.500. The molecule has 1 atom stereocenters. The van der Waals surface area contributed by atoms with Crippen LogP contribution >= 0.6 is 23.2 Å². The van der Waals surface area contributed by atoms with Crippen LogP contribution < -0.4 is 5.32 Å². The summed E-state index contributed by atoms with van der Waals surface area (Å²) in [6.45, 7) is 2.03. The Kier molecular flexibility index (Phi) is 3.89. The zero-order valence-electron chi connectivity index (χ0n) is 9.54. The van der Waals surface area contributed by atoms with Crippen LogP contribution in [0.3, 0.4) is 0 Å². The van der Waals surface area contributed by atoms with E-state index in [1.807, 2.05) is 6.92 Å². The fourth-order valence-corrected chi connectivity index (χ4v) is 2.16. The minimum atomic E-state index is -0.143. The molecule has 0 saturated heterocycles. The number of amides is 1. The van der Waals surface area contributed by atoms with Crippen molar-refractivity contribution in [3.63, 3.8) is 0 Å². The van der Waals surface area contributed by atoms with Gasteiger partial charge in [0.05, 0.1) is 10.6 Å². The minimum Gasteiger partial charge on any atom is -0.349 e. The maximum absolute atomic E-state index is 11.9. The topological polar surface area (TPSA) is 42.0 Å². The average molecular weight is 273 g/mol. The van der Waals surface area contributed by atoms with Gasteiger partial charge in [-0.1, -0.05) is 29.6 Å². The second-order valence-corrected chi connectivity index (χ2v) is 5.21. The van der Waals surface area contributed by atoms with Crippen molar-refractivity contribution in [1.29, 1.82) is 0 Å². The number of halogens is 2. The number of aromatic nitrogens is 1. The number of hydrogen-bond acceptors (Lipinski definition) is 2. The highest BCUT2D eigenvalue weighted by atomic mass is 35.5. The summed E-state index contributed by atoms with van der Waals surface area (Å²) < 4.78 is 0. The predicted octanol–water partition coefficient (Wildman–Crippen LogP) is 3.31. The summed E-state index contributed by atoms with van der Waals surface area (Å²) in [5, 5.41) is 3.48. The molecule has 1 unspecified atom stereocenters. The van der Waals surface area contributed by atoms with E-state index in [1.54, 1.807) is 6.07 Å². The normalized spacial score (nSPS) is 17.4. The van der Waals surface area contributed by atoms with Crippen LogP contribution in [0, 0.1) is 5.92 Å². The van der Waals surface area contributed by atoms with Crippen molar-refractivity contribution < 1.29 is 4.79 Å². The maximum atomic E-state index is 11.9. The molecule has 1 amide bonds. The highest BCUT2D eigenvalue weighted by molar-refractivity contribution is 6.41. The lowest BCUT2D eigenvalue weighted by molar-refractivity contribution is 0.0909. The SMILES string of the molecule is CC(NC(=O)c1cnc(Cl)c(Cl)c1)C1CCC1. The van der Waals surface area contributed by atoms with Gasteiger partial charge in [0.15, 0.2) is 0 Å². The molecule has 17 heavy (non-hydrogen) atoms. The summed E-state index contributed by atoms with van der Waals surface area (Å²) in [4.78, 5) is 15.8. The Morgan fingerprint density at radius 2 is 2.24 bits per heavy atom. The quantitative estimate of drug-likeness (QED) is 0.858. The molecule has 0 spiro atoms. The summed E-state index contributed by atoms with van der Waals surface area (Å²) in [6.07, 6.45) is 5.10. The second-order valence-electron chi connectivity index (χ2n) is 4.45. The lowest BCUT2D eigenvalue weighted by Crippen LogP contribution is -2.40. The molecule has 0 aliphatic heterocycles. The van der Waals surface area contributed by atoms with Crippen molar-refractivity contribution in [3.05, 3.63) is 28.0 Å². The molecular weight excluding hydrogens is 259 g/mol. The zero-order chi connectivity index (χ0) is 12.4. The summed E-state index contributed by atoms with van der Waals surface area (Å²) in [5.74, 6) is 0.463. The molecular formula is C12H14Cl2N2O. The van der Waals surface area contributed by atoms with Crippen LogP contribution in [0.1, 0.15) is 36.5 Å². The van der Waals surface area contributed by atoms with Gasteiger partial charge >= 0.3 is 0 Å². The molecule has 3 nitrogen and oxygen atoms in total. The molecule has 0 aromatic carbocycles. The first-order valence-corrected chi connectivity index (χ1v) is 6.45. The molecule has 0 radical (unpaired) electrons. The van der Waals surface area contributed by atoms with E-state index in [9.17, 15) is 4.79 Å². The molecule has 1 N–H and O–H groups in total. The van der Waals surface area contributed by atoms with Crippen LogP contribution in [0.4, 0.5) is 0 Å². The van der Waals surface area contributed by atoms with Gasteiger partial charge in [-0.25, -0.2) is 4.98 Å². The molecule has 0 bridgehead atoms. The third-order valence-electron chi connectivity index (χ3n) is 3.27. The van der Waals surface area contributed by atoms with Crippen molar-refractivity contribution in [1.82, 2.24) is 10.3 Å². The maximum Gasteiger partial charge on any atom is 0.253 e. The molecule has 1 aliphatic rings. The standard InChI is InChI=1S/C12H14Cl2N2O/c1-7(8-3-2-4-8)16-12(17)9-5-10(13)11(14)15-6-9/h5-8H,2-4H2,1H3,(H,16,17). The molecule has 5 heteroatoms. The van der Waals surface area contributed by atoms with E-state index < -0.39 is 0 Å². The monoisotopic (exact) mass is 272 g/mol. The molecule has 1 saturated carbocycles. The van der Waals surface area contributed by atoms with E-state index in [1.165, 1.54) is 25.5 Å². The number of carbonyl (C=O) groups excluding carboxylic acids is 1. The van der Waals surface area contributed by atoms with Crippen LogP contribution in [-0.2, 0) is 0 Å². The van der Waals surface area contributed by atoms with Gasteiger partial charge in [-0.05, 0) is 31.7 Å².